The number of hydrogen-bond acceptors (Lipinski definition) is 4. The smallest absolute Gasteiger partial charge is 0.242 e. The van der Waals surface area contributed by atoms with Gasteiger partial charge in [0.15, 0.2) is 0 Å². The van der Waals surface area contributed by atoms with Gasteiger partial charge in [0.25, 0.3) is 0 Å². The predicted molar refractivity (Wildman–Crippen MR) is 70.9 cm³/mol. The molecule has 3 N–H and O–H groups in total. The number of carbonyl (C=O) groups is 1. The summed E-state index contributed by atoms with van der Waals surface area (Å²) in [7, 11) is 0. The van der Waals surface area contributed by atoms with Gasteiger partial charge >= 0.3 is 0 Å². The molecular formula is C13H16FN5O. The molecule has 0 spiro atoms. The zero-order valence-electron chi connectivity index (χ0n) is 11.1. The van der Waals surface area contributed by atoms with Gasteiger partial charge in [0.2, 0.25) is 5.91 Å². The lowest BCUT2D eigenvalue weighted by molar-refractivity contribution is -0.122. The number of aromatic nitrogens is 3. The second kappa shape index (κ2) is 6.25. The van der Waals surface area contributed by atoms with Crippen molar-refractivity contribution in [2.45, 2.75) is 26.1 Å². The van der Waals surface area contributed by atoms with Crippen LogP contribution in [0.15, 0.2) is 30.5 Å². The number of nitrogens with zero attached hydrogens (tertiary/aromatic N) is 3. The number of benzene rings is 1. The van der Waals surface area contributed by atoms with Gasteiger partial charge in [-0.05, 0) is 24.6 Å². The Labute approximate surface area is 115 Å². The zero-order chi connectivity index (χ0) is 14.5. The van der Waals surface area contributed by atoms with Gasteiger partial charge in [0, 0.05) is 6.54 Å². The Morgan fingerprint density at radius 1 is 1.45 bits per heavy atom. The van der Waals surface area contributed by atoms with Gasteiger partial charge in [-0.3, -0.25) is 4.79 Å². The van der Waals surface area contributed by atoms with Gasteiger partial charge in [-0.25, -0.2) is 9.07 Å². The molecule has 0 radical (unpaired) electrons. The molecule has 1 aromatic carbocycles. The predicted octanol–water partition coefficient (Wildman–Crippen LogP) is 0.753. The van der Waals surface area contributed by atoms with Crippen LogP contribution in [0, 0.1) is 5.82 Å². The molecule has 1 heterocycles. The lowest BCUT2D eigenvalue weighted by Crippen LogP contribution is -2.30. The second-order valence-electron chi connectivity index (χ2n) is 4.45. The highest BCUT2D eigenvalue weighted by Crippen LogP contribution is 2.12. The van der Waals surface area contributed by atoms with E-state index in [1.807, 2.05) is 6.92 Å². The van der Waals surface area contributed by atoms with E-state index in [1.165, 1.54) is 16.8 Å². The SMILES string of the molecule is C[C@H](NC(=O)Cn1cc(CN)nn1)c1ccc(F)cc1. The van der Waals surface area contributed by atoms with E-state index in [-0.39, 0.29) is 30.9 Å². The summed E-state index contributed by atoms with van der Waals surface area (Å²) in [4.78, 5) is 11.9. The molecule has 1 amide bonds. The van der Waals surface area contributed by atoms with Crippen molar-refractivity contribution in [3.05, 3.63) is 47.5 Å². The third-order valence-corrected chi connectivity index (χ3v) is 2.85. The van der Waals surface area contributed by atoms with Gasteiger partial charge in [0.1, 0.15) is 12.4 Å². The van der Waals surface area contributed by atoms with Crippen molar-refractivity contribution in [3.63, 3.8) is 0 Å². The molecule has 2 aromatic rings. The Morgan fingerprint density at radius 2 is 2.15 bits per heavy atom. The quantitative estimate of drug-likeness (QED) is 0.844. The molecule has 2 rings (SSSR count). The minimum atomic E-state index is -0.302. The first-order valence-electron chi connectivity index (χ1n) is 6.22. The monoisotopic (exact) mass is 277 g/mol. The molecule has 7 heteroatoms. The average molecular weight is 277 g/mol. The number of nitrogens with one attached hydrogen (secondary N) is 1. The summed E-state index contributed by atoms with van der Waals surface area (Å²) in [5.74, 6) is -0.500. The molecule has 0 aliphatic rings. The molecule has 0 saturated carbocycles. The highest BCUT2D eigenvalue weighted by atomic mass is 19.1. The summed E-state index contributed by atoms with van der Waals surface area (Å²) >= 11 is 0. The molecule has 0 unspecified atom stereocenters. The van der Waals surface area contributed by atoms with Crippen molar-refractivity contribution in [1.29, 1.82) is 0 Å². The fourth-order valence-corrected chi connectivity index (χ4v) is 1.78. The molecule has 0 bridgehead atoms. The zero-order valence-corrected chi connectivity index (χ0v) is 11.1. The van der Waals surface area contributed by atoms with Crippen LogP contribution in [0.3, 0.4) is 0 Å². The van der Waals surface area contributed by atoms with Gasteiger partial charge in [-0.2, -0.15) is 0 Å². The molecule has 6 nitrogen and oxygen atoms in total. The molecule has 1 aromatic heterocycles. The Balaban J connectivity index is 1.92. The lowest BCUT2D eigenvalue weighted by atomic mass is 10.1. The van der Waals surface area contributed by atoms with Gasteiger partial charge in [-0.15, -0.1) is 5.10 Å². The van der Waals surface area contributed by atoms with Crippen molar-refractivity contribution in [3.8, 4) is 0 Å². The van der Waals surface area contributed by atoms with Crippen LogP contribution >= 0.6 is 0 Å². The third-order valence-electron chi connectivity index (χ3n) is 2.85. The standard InChI is InChI=1S/C13H16FN5O/c1-9(10-2-4-11(14)5-3-10)16-13(20)8-19-7-12(6-15)17-18-19/h2-5,7,9H,6,8,15H2,1H3,(H,16,20)/t9-/m0/s1. The van der Waals surface area contributed by atoms with Crippen molar-refractivity contribution in [1.82, 2.24) is 20.3 Å². The Bertz CT molecular complexity index is 581. The van der Waals surface area contributed by atoms with Crippen LogP contribution < -0.4 is 11.1 Å². The average Bonchev–Trinajstić information content (AvgIpc) is 2.86. The second-order valence-corrected chi connectivity index (χ2v) is 4.45. The van der Waals surface area contributed by atoms with E-state index < -0.39 is 0 Å². The van der Waals surface area contributed by atoms with Crippen LogP contribution in [-0.2, 0) is 17.9 Å². The minimum Gasteiger partial charge on any atom is -0.348 e. The first-order valence-corrected chi connectivity index (χ1v) is 6.22. The van der Waals surface area contributed by atoms with E-state index in [0.717, 1.165) is 5.56 Å². The van der Waals surface area contributed by atoms with Crippen molar-refractivity contribution < 1.29 is 9.18 Å². The lowest BCUT2D eigenvalue weighted by Gasteiger charge is -2.14. The Morgan fingerprint density at radius 3 is 2.75 bits per heavy atom. The number of carbonyl (C=O) groups excluding carboxylic acids is 1. The Kier molecular flexibility index (Phi) is 4.41. The molecular weight excluding hydrogens is 261 g/mol. The fourth-order valence-electron chi connectivity index (χ4n) is 1.78. The molecule has 0 saturated heterocycles. The van der Waals surface area contributed by atoms with Crippen LogP contribution in [-0.4, -0.2) is 20.9 Å². The maximum absolute atomic E-state index is 12.8. The molecule has 106 valence electrons. The summed E-state index contributed by atoms with van der Waals surface area (Å²) in [6, 6.07) is 5.80. The minimum absolute atomic E-state index is 0.0680. The largest absolute Gasteiger partial charge is 0.348 e. The van der Waals surface area contributed by atoms with E-state index in [9.17, 15) is 9.18 Å². The van der Waals surface area contributed by atoms with Crippen LogP contribution in [0.4, 0.5) is 4.39 Å². The summed E-state index contributed by atoms with van der Waals surface area (Å²) in [5.41, 5.74) is 6.88. The molecule has 0 aliphatic heterocycles. The number of halogens is 1. The number of amides is 1. The van der Waals surface area contributed by atoms with Gasteiger partial charge in [0.05, 0.1) is 17.9 Å². The highest BCUT2D eigenvalue weighted by Gasteiger charge is 2.11. The number of rotatable bonds is 5. The highest BCUT2D eigenvalue weighted by molar-refractivity contribution is 5.76. The van der Waals surface area contributed by atoms with Gasteiger partial charge < -0.3 is 11.1 Å². The summed E-state index contributed by atoms with van der Waals surface area (Å²) < 4.78 is 14.2. The summed E-state index contributed by atoms with van der Waals surface area (Å²) in [6.07, 6.45) is 1.63. The first kappa shape index (κ1) is 14.1. The van der Waals surface area contributed by atoms with E-state index in [4.69, 9.17) is 5.73 Å². The Hall–Kier alpha value is -2.28. The van der Waals surface area contributed by atoms with Crippen molar-refractivity contribution in [2.75, 3.05) is 0 Å². The first-order chi connectivity index (χ1) is 9.58. The fraction of sp³-hybridized carbons (Fsp3) is 0.308. The molecule has 0 aliphatic carbocycles. The third kappa shape index (κ3) is 3.61. The van der Waals surface area contributed by atoms with E-state index >= 15 is 0 Å². The normalized spacial score (nSPS) is 12.2. The van der Waals surface area contributed by atoms with Crippen LogP contribution in [0.2, 0.25) is 0 Å². The van der Waals surface area contributed by atoms with E-state index in [2.05, 4.69) is 15.6 Å². The number of hydrogen-bond donors (Lipinski definition) is 2. The topological polar surface area (TPSA) is 85.8 Å². The molecule has 0 fully saturated rings. The van der Waals surface area contributed by atoms with Crippen LogP contribution in [0.5, 0.6) is 0 Å². The number of nitrogens with two attached hydrogens (primary N) is 1. The van der Waals surface area contributed by atoms with Crippen LogP contribution in [0.25, 0.3) is 0 Å². The van der Waals surface area contributed by atoms with E-state index in [0.29, 0.717) is 5.69 Å². The molecule has 1 atom stereocenters. The van der Waals surface area contributed by atoms with Crippen molar-refractivity contribution >= 4 is 5.91 Å². The summed E-state index contributed by atoms with van der Waals surface area (Å²) in [6.45, 7) is 2.18. The van der Waals surface area contributed by atoms with E-state index in [1.54, 1.807) is 18.3 Å². The van der Waals surface area contributed by atoms with Gasteiger partial charge in [-0.1, -0.05) is 17.3 Å². The summed E-state index contributed by atoms with van der Waals surface area (Å²) in [5, 5.41) is 10.4. The van der Waals surface area contributed by atoms with Crippen LogP contribution in [0.1, 0.15) is 24.2 Å². The molecule has 20 heavy (non-hydrogen) atoms. The maximum Gasteiger partial charge on any atom is 0.242 e. The maximum atomic E-state index is 12.8. The van der Waals surface area contributed by atoms with Crippen molar-refractivity contribution in [2.24, 2.45) is 5.73 Å².